The van der Waals surface area contributed by atoms with Gasteiger partial charge < -0.3 is 15.0 Å². The van der Waals surface area contributed by atoms with Gasteiger partial charge in [-0.2, -0.15) is 0 Å². The number of rotatable bonds is 7. The summed E-state index contributed by atoms with van der Waals surface area (Å²) in [5.74, 6) is 1.11. The predicted molar refractivity (Wildman–Crippen MR) is 84.5 cm³/mol. The SMILES string of the molecule is CCCOc1ccc(C(C)NCC(=O)N2CCCC2)cc1. The first-order valence-electron chi connectivity index (χ1n) is 7.94. The van der Waals surface area contributed by atoms with Crippen LogP contribution < -0.4 is 10.1 Å². The molecule has 4 nitrogen and oxygen atoms in total. The summed E-state index contributed by atoms with van der Waals surface area (Å²) in [6, 6.07) is 8.26. The van der Waals surface area contributed by atoms with Crippen molar-refractivity contribution < 1.29 is 9.53 Å². The van der Waals surface area contributed by atoms with Crippen molar-refractivity contribution in [3.8, 4) is 5.75 Å². The van der Waals surface area contributed by atoms with Crippen molar-refractivity contribution in [1.29, 1.82) is 0 Å². The van der Waals surface area contributed by atoms with E-state index in [1.807, 2.05) is 17.0 Å². The van der Waals surface area contributed by atoms with Crippen molar-refractivity contribution >= 4 is 5.91 Å². The highest BCUT2D eigenvalue weighted by Crippen LogP contribution is 2.18. The lowest BCUT2D eigenvalue weighted by Gasteiger charge is -2.19. The summed E-state index contributed by atoms with van der Waals surface area (Å²) in [5.41, 5.74) is 1.17. The summed E-state index contributed by atoms with van der Waals surface area (Å²) in [7, 11) is 0. The molecule has 2 rings (SSSR count). The summed E-state index contributed by atoms with van der Waals surface area (Å²) < 4.78 is 5.57. The van der Waals surface area contributed by atoms with Crippen molar-refractivity contribution in [2.45, 2.75) is 39.2 Å². The van der Waals surface area contributed by atoms with Gasteiger partial charge >= 0.3 is 0 Å². The second-order valence-electron chi connectivity index (χ2n) is 5.61. The molecule has 0 aliphatic carbocycles. The van der Waals surface area contributed by atoms with Gasteiger partial charge in [-0.25, -0.2) is 0 Å². The zero-order valence-corrected chi connectivity index (χ0v) is 13.1. The minimum Gasteiger partial charge on any atom is -0.494 e. The molecule has 1 unspecified atom stereocenters. The van der Waals surface area contributed by atoms with E-state index < -0.39 is 0 Å². The topological polar surface area (TPSA) is 41.6 Å². The maximum absolute atomic E-state index is 12.0. The molecular weight excluding hydrogens is 264 g/mol. The Balaban J connectivity index is 1.79. The van der Waals surface area contributed by atoms with Crippen molar-refractivity contribution in [3.05, 3.63) is 29.8 Å². The molecule has 1 aliphatic heterocycles. The average molecular weight is 290 g/mol. The molecule has 21 heavy (non-hydrogen) atoms. The maximum atomic E-state index is 12.0. The second kappa shape index (κ2) is 8.03. The Hall–Kier alpha value is -1.55. The molecule has 1 aromatic rings. The molecule has 1 saturated heterocycles. The molecule has 0 saturated carbocycles. The van der Waals surface area contributed by atoms with Crippen molar-refractivity contribution in [3.63, 3.8) is 0 Å². The summed E-state index contributed by atoms with van der Waals surface area (Å²) in [5, 5.41) is 3.31. The van der Waals surface area contributed by atoms with Gasteiger partial charge in [-0.05, 0) is 43.9 Å². The van der Waals surface area contributed by atoms with Crippen molar-refractivity contribution in [2.75, 3.05) is 26.2 Å². The van der Waals surface area contributed by atoms with E-state index in [0.717, 1.165) is 44.7 Å². The number of amides is 1. The zero-order chi connectivity index (χ0) is 15.1. The molecule has 4 heteroatoms. The lowest BCUT2D eigenvalue weighted by molar-refractivity contribution is -0.129. The Morgan fingerprint density at radius 1 is 1.29 bits per heavy atom. The van der Waals surface area contributed by atoms with Crippen LogP contribution in [0.2, 0.25) is 0 Å². The van der Waals surface area contributed by atoms with Gasteiger partial charge in [0.05, 0.1) is 13.2 Å². The smallest absolute Gasteiger partial charge is 0.236 e. The lowest BCUT2D eigenvalue weighted by Crippen LogP contribution is -2.37. The highest BCUT2D eigenvalue weighted by Gasteiger charge is 2.18. The number of likely N-dealkylation sites (tertiary alicyclic amines) is 1. The van der Waals surface area contributed by atoms with Crippen LogP contribution in [0.3, 0.4) is 0 Å². The van der Waals surface area contributed by atoms with E-state index >= 15 is 0 Å². The van der Waals surface area contributed by atoms with Crippen LogP contribution in [0.5, 0.6) is 5.75 Å². The fraction of sp³-hybridized carbons (Fsp3) is 0.588. The van der Waals surface area contributed by atoms with Gasteiger partial charge in [-0.15, -0.1) is 0 Å². The standard InChI is InChI=1S/C17H26N2O2/c1-3-12-21-16-8-6-15(7-9-16)14(2)18-13-17(20)19-10-4-5-11-19/h6-9,14,18H,3-5,10-13H2,1-2H3. The van der Waals surface area contributed by atoms with E-state index in [2.05, 4.69) is 31.3 Å². The monoisotopic (exact) mass is 290 g/mol. The molecule has 1 N–H and O–H groups in total. The highest BCUT2D eigenvalue weighted by atomic mass is 16.5. The number of benzene rings is 1. The predicted octanol–water partition coefficient (Wildman–Crippen LogP) is 2.75. The first-order valence-corrected chi connectivity index (χ1v) is 7.94. The minimum absolute atomic E-state index is 0.164. The summed E-state index contributed by atoms with van der Waals surface area (Å²) in [6.45, 7) is 7.17. The first-order chi connectivity index (χ1) is 10.2. The Kier molecular flexibility index (Phi) is 6.05. The molecule has 1 aliphatic rings. The normalized spacial score (nSPS) is 16.0. The van der Waals surface area contributed by atoms with Gasteiger partial charge in [0.2, 0.25) is 5.91 Å². The van der Waals surface area contributed by atoms with Crippen LogP contribution >= 0.6 is 0 Å². The molecule has 0 spiro atoms. The Morgan fingerprint density at radius 2 is 1.95 bits per heavy atom. The van der Waals surface area contributed by atoms with Gasteiger partial charge in [0.15, 0.2) is 0 Å². The third kappa shape index (κ3) is 4.74. The van der Waals surface area contributed by atoms with Crippen molar-refractivity contribution in [1.82, 2.24) is 10.2 Å². The molecule has 1 atom stereocenters. The molecule has 0 bridgehead atoms. The quantitative estimate of drug-likeness (QED) is 0.839. The van der Waals surface area contributed by atoms with E-state index in [0.29, 0.717) is 6.54 Å². The molecule has 1 heterocycles. The van der Waals surface area contributed by atoms with Crippen LogP contribution in [0.25, 0.3) is 0 Å². The zero-order valence-electron chi connectivity index (χ0n) is 13.1. The van der Waals surface area contributed by atoms with Gasteiger partial charge in [0.25, 0.3) is 0 Å². The van der Waals surface area contributed by atoms with E-state index in [4.69, 9.17) is 4.74 Å². The maximum Gasteiger partial charge on any atom is 0.236 e. The molecule has 1 amide bonds. The van der Waals surface area contributed by atoms with E-state index in [1.54, 1.807) is 0 Å². The van der Waals surface area contributed by atoms with Gasteiger partial charge in [-0.3, -0.25) is 4.79 Å². The second-order valence-corrected chi connectivity index (χ2v) is 5.61. The number of hydrogen-bond donors (Lipinski definition) is 1. The van der Waals surface area contributed by atoms with Crippen LogP contribution in [-0.4, -0.2) is 37.0 Å². The molecule has 116 valence electrons. The van der Waals surface area contributed by atoms with Gasteiger partial charge in [0.1, 0.15) is 5.75 Å². The number of nitrogens with one attached hydrogen (secondary N) is 1. The number of carbonyl (C=O) groups excluding carboxylic acids is 1. The Morgan fingerprint density at radius 3 is 2.57 bits per heavy atom. The molecular formula is C17H26N2O2. The summed E-state index contributed by atoms with van der Waals surface area (Å²) in [6.07, 6.45) is 3.29. The third-order valence-corrected chi connectivity index (χ3v) is 3.87. The molecule has 0 radical (unpaired) electrons. The van der Waals surface area contributed by atoms with Gasteiger partial charge in [-0.1, -0.05) is 19.1 Å². The van der Waals surface area contributed by atoms with Crippen LogP contribution in [0.15, 0.2) is 24.3 Å². The average Bonchev–Trinajstić information content (AvgIpc) is 3.05. The number of carbonyl (C=O) groups is 1. The molecule has 0 aromatic heterocycles. The lowest BCUT2D eigenvalue weighted by atomic mass is 10.1. The minimum atomic E-state index is 0.164. The highest BCUT2D eigenvalue weighted by molar-refractivity contribution is 5.78. The largest absolute Gasteiger partial charge is 0.494 e. The molecule has 1 fully saturated rings. The van der Waals surface area contributed by atoms with E-state index in [-0.39, 0.29) is 11.9 Å². The van der Waals surface area contributed by atoms with Crippen molar-refractivity contribution in [2.24, 2.45) is 0 Å². The molecule has 1 aromatic carbocycles. The fourth-order valence-corrected chi connectivity index (χ4v) is 2.51. The van der Waals surface area contributed by atoms with Crippen LogP contribution in [0.4, 0.5) is 0 Å². The van der Waals surface area contributed by atoms with Crippen LogP contribution in [0, 0.1) is 0 Å². The Bertz CT molecular complexity index is 439. The van der Waals surface area contributed by atoms with Gasteiger partial charge in [0, 0.05) is 19.1 Å². The Labute approximate surface area is 127 Å². The number of ether oxygens (including phenoxy) is 1. The number of nitrogens with zero attached hydrogens (tertiary/aromatic N) is 1. The third-order valence-electron chi connectivity index (χ3n) is 3.87. The fourth-order valence-electron chi connectivity index (χ4n) is 2.51. The van der Waals surface area contributed by atoms with Crippen LogP contribution in [0.1, 0.15) is 44.7 Å². The first kappa shape index (κ1) is 15.8. The summed E-state index contributed by atoms with van der Waals surface area (Å²) >= 11 is 0. The summed E-state index contributed by atoms with van der Waals surface area (Å²) in [4.78, 5) is 13.9. The van der Waals surface area contributed by atoms with Crippen LogP contribution in [-0.2, 0) is 4.79 Å². The van der Waals surface area contributed by atoms with E-state index in [1.165, 1.54) is 5.56 Å². The van der Waals surface area contributed by atoms with E-state index in [9.17, 15) is 4.79 Å². The number of hydrogen-bond acceptors (Lipinski definition) is 3.